The highest BCUT2D eigenvalue weighted by Gasteiger charge is 2.43. The van der Waals surface area contributed by atoms with Crippen molar-refractivity contribution in [3.63, 3.8) is 0 Å². The van der Waals surface area contributed by atoms with E-state index in [4.69, 9.17) is 0 Å². The lowest BCUT2D eigenvalue weighted by Gasteiger charge is -2.13. The second-order valence-corrected chi connectivity index (χ2v) is 7.68. The van der Waals surface area contributed by atoms with Gasteiger partial charge in [0.25, 0.3) is 11.7 Å². The number of carbonyl (C=O) groups is 2. The molecule has 1 aromatic heterocycles. The minimum absolute atomic E-state index is 0.0301. The number of para-hydroxylation sites is 1. The van der Waals surface area contributed by atoms with E-state index in [9.17, 15) is 9.59 Å². The fourth-order valence-electron chi connectivity index (χ4n) is 4.11. The average molecular weight is 360 g/mol. The van der Waals surface area contributed by atoms with Crippen LogP contribution < -0.4 is 5.32 Å². The minimum Gasteiger partial charge on any atom is -0.358 e. The summed E-state index contributed by atoms with van der Waals surface area (Å²) in [6.45, 7) is 5.92. The van der Waals surface area contributed by atoms with Gasteiger partial charge in [-0.1, -0.05) is 48.0 Å². The zero-order valence-corrected chi connectivity index (χ0v) is 15.9. The molecule has 4 heteroatoms. The van der Waals surface area contributed by atoms with Gasteiger partial charge in [-0.25, -0.2) is 0 Å². The Hall–Kier alpha value is -2.88. The normalized spacial score (nSPS) is 19.7. The van der Waals surface area contributed by atoms with Gasteiger partial charge in [0.15, 0.2) is 0 Å². The molecule has 1 heterocycles. The molecule has 4 nitrogen and oxygen atoms in total. The maximum Gasteiger partial charge on any atom is 0.292 e. The molecule has 27 heavy (non-hydrogen) atoms. The lowest BCUT2D eigenvalue weighted by atomic mass is 10.0. The number of benzene rings is 2. The molecule has 2 aromatic carbocycles. The van der Waals surface area contributed by atoms with Crippen LogP contribution in [-0.4, -0.2) is 22.7 Å². The summed E-state index contributed by atoms with van der Waals surface area (Å²) in [6, 6.07) is 16.1. The Kier molecular flexibility index (Phi) is 4.34. The van der Waals surface area contributed by atoms with Gasteiger partial charge in [-0.05, 0) is 50.7 Å². The van der Waals surface area contributed by atoms with E-state index in [0.29, 0.717) is 17.4 Å². The van der Waals surface area contributed by atoms with E-state index >= 15 is 0 Å². The fourth-order valence-corrected chi connectivity index (χ4v) is 4.11. The molecule has 138 valence electrons. The van der Waals surface area contributed by atoms with Gasteiger partial charge in [0.2, 0.25) is 0 Å². The molecule has 0 spiro atoms. The predicted octanol–water partition coefficient (Wildman–Crippen LogP) is 4.28. The number of ketones is 1. The molecule has 0 bridgehead atoms. The first-order chi connectivity index (χ1) is 13.0. The van der Waals surface area contributed by atoms with Crippen molar-refractivity contribution < 1.29 is 9.59 Å². The number of aryl methyl sites for hydroxylation is 2. The molecule has 1 aliphatic rings. The number of nitrogens with one attached hydrogen (secondary N) is 2. The SMILES string of the molecule is Cc1cccc(C2CC2C(C)NC(=O)C(=O)c2c(C)[nH]c3ccccc23)c1. The van der Waals surface area contributed by atoms with Crippen LogP contribution in [0.4, 0.5) is 0 Å². The molecule has 0 aliphatic heterocycles. The summed E-state index contributed by atoms with van der Waals surface area (Å²) in [6.07, 6.45) is 1.05. The minimum atomic E-state index is -0.523. The van der Waals surface area contributed by atoms with E-state index in [1.807, 2.05) is 38.1 Å². The van der Waals surface area contributed by atoms with Crippen molar-refractivity contribution in [2.75, 3.05) is 0 Å². The Morgan fingerprint density at radius 3 is 2.67 bits per heavy atom. The van der Waals surface area contributed by atoms with Crippen molar-refractivity contribution in [1.82, 2.24) is 10.3 Å². The van der Waals surface area contributed by atoms with Crippen molar-refractivity contribution in [3.05, 3.63) is 70.9 Å². The lowest BCUT2D eigenvalue weighted by Crippen LogP contribution is -2.39. The summed E-state index contributed by atoms with van der Waals surface area (Å²) >= 11 is 0. The topological polar surface area (TPSA) is 62.0 Å². The zero-order valence-electron chi connectivity index (χ0n) is 15.9. The largest absolute Gasteiger partial charge is 0.358 e. The first-order valence-electron chi connectivity index (χ1n) is 9.44. The number of carbonyl (C=O) groups excluding carboxylic acids is 2. The van der Waals surface area contributed by atoms with Crippen LogP contribution in [0.1, 0.15) is 46.4 Å². The maximum atomic E-state index is 12.8. The Labute approximate surface area is 159 Å². The molecule has 2 N–H and O–H groups in total. The highest BCUT2D eigenvalue weighted by molar-refractivity contribution is 6.45. The highest BCUT2D eigenvalue weighted by atomic mass is 16.2. The summed E-state index contributed by atoms with van der Waals surface area (Å²) in [5, 5.41) is 3.73. The van der Waals surface area contributed by atoms with Crippen LogP contribution in [0.2, 0.25) is 0 Å². The molecule has 3 atom stereocenters. The van der Waals surface area contributed by atoms with Crippen molar-refractivity contribution in [3.8, 4) is 0 Å². The van der Waals surface area contributed by atoms with E-state index in [0.717, 1.165) is 23.0 Å². The van der Waals surface area contributed by atoms with E-state index < -0.39 is 11.7 Å². The molecule has 4 rings (SSSR count). The van der Waals surface area contributed by atoms with Gasteiger partial charge >= 0.3 is 0 Å². The van der Waals surface area contributed by atoms with Crippen LogP contribution in [0.5, 0.6) is 0 Å². The Bertz CT molecular complexity index is 1030. The second-order valence-electron chi connectivity index (χ2n) is 7.68. The van der Waals surface area contributed by atoms with Crippen LogP contribution in [0, 0.1) is 19.8 Å². The van der Waals surface area contributed by atoms with Gasteiger partial charge in [-0.15, -0.1) is 0 Å². The van der Waals surface area contributed by atoms with E-state index in [-0.39, 0.29) is 6.04 Å². The van der Waals surface area contributed by atoms with Crippen molar-refractivity contribution in [1.29, 1.82) is 0 Å². The molecular weight excluding hydrogens is 336 g/mol. The number of Topliss-reactive ketones (excluding diaryl/α,β-unsaturated/α-hetero) is 1. The maximum absolute atomic E-state index is 12.8. The number of aromatic amines is 1. The number of H-pyrrole nitrogens is 1. The number of aromatic nitrogens is 1. The third-order valence-corrected chi connectivity index (χ3v) is 5.64. The molecule has 3 aromatic rings. The molecule has 1 saturated carbocycles. The average Bonchev–Trinajstić information content (AvgIpc) is 3.37. The number of amides is 1. The molecule has 0 saturated heterocycles. The molecule has 1 fully saturated rings. The zero-order chi connectivity index (χ0) is 19.1. The lowest BCUT2D eigenvalue weighted by molar-refractivity contribution is -0.117. The summed E-state index contributed by atoms with van der Waals surface area (Å²) in [5.41, 5.74) is 4.65. The summed E-state index contributed by atoms with van der Waals surface area (Å²) in [4.78, 5) is 28.6. The van der Waals surface area contributed by atoms with Crippen molar-refractivity contribution in [2.45, 2.75) is 39.2 Å². The molecule has 1 aliphatic carbocycles. The highest BCUT2D eigenvalue weighted by Crippen LogP contribution is 2.49. The Morgan fingerprint density at radius 2 is 1.89 bits per heavy atom. The Balaban J connectivity index is 1.46. The van der Waals surface area contributed by atoms with Gasteiger partial charge in [0.05, 0.1) is 5.56 Å². The molecule has 3 unspecified atom stereocenters. The van der Waals surface area contributed by atoms with Crippen LogP contribution in [0.3, 0.4) is 0 Å². The number of fused-ring (bicyclic) bond motifs is 1. The van der Waals surface area contributed by atoms with Gasteiger partial charge in [-0.2, -0.15) is 0 Å². The molecular formula is C23H24N2O2. The van der Waals surface area contributed by atoms with Crippen molar-refractivity contribution in [2.24, 2.45) is 5.92 Å². The van der Waals surface area contributed by atoms with Crippen LogP contribution in [0.15, 0.2) is 48.5 Å². The summed E-state index contributed by atoms with van der Waals surface area (Å²) < 4.78 is 0. The van der Waals surface area contributed by atoms with Crippen molar-refractivity contribution >= 4 is 22.6 Å². The van der Waals surface area contributed by atoms with Gasteiger partial charge in [0.1, 0.15) is 0 Å². The van der Waals surface area contributed by atoms with Gasteiger partial charge in [-0.3, -0.25) is 9.59 Å². The van der Waals surface area contributed by atoms with Crippen LogP contribution >= 0.6 is 0 Å². The quantitative estimate of drug-likeness (QED) is 0.527. The first-order valence-corrected chi connectivity index (χ1v) is 9.44. The smallest absolute Gasteiger partial charge is 0.292 e. The van der Waals surface area contributed by atoms with E-state index in [1.165, 1.54) is 11.1 Å². The van der Waals surface area contributed by atoms with E-state index in [1.54, 1.807) is 0 Å². The van der Waals surface area contributed by atoms with Gasteiger partial charge < -0.3 is 10.3 Å². The molecule has 1 amide bonds. The van der Waals surface area contributed by atoms with Crippen LogP contribution in [0.25, 0.3) is 10.9 Å². The van der Waals surface area contributed by atoms with E-state index in [2.05, 4.69) is 41.5 Å². The Morgan fingerprint density at radius 1 is 1.11 bits per heavy atom. The predicted molar refractivity (Wildman–Crippen MR) is 107 cm³/mol. The van der Waals surface area contributed by atoms with Crippen LogP contribution in [-0.2, 0) is 4.79 Å². The fraction of sp³-hybridized carbons (Fsp3) is 0.304. The summed E-state index contributed by atoms with van der Waals surface area (Å²) in [7, 11) is 0. The third kappa shape index (κ3) is 3.27. The standard InChI is InChI=1S/C23H24N2O2/c1-13-7-6-8-16(11-13)19-12-18(19)14(2)25-23(27)22(26)21-15(3)24-20-10-5-4-9-17(20)21/h4-11,14,18-19,24H,12H2,1-3H3,(H,25,27). The second kappa shape index (κ2) is 6.69. The van der Waals surface area contributed by atoms with Gasteiger partial charge in [0, 0.05) is 22.6 Å². The monoisotopic (exact) mass is 360 g/mol. The number of rotatable bonds is 5. The number of hydrogen-bond donors (Lipinski definition) is 2. The third-order valence-electron chi connectivity index (χ3n) is 5.64. The number of hydrogen-bond acceptors (Lipinski definition) is 2. The first kappa shape index (κ1) is 17.5. The summed E-state index contributed by atoms with van der Waals surface area (Å²) in [5.74, 6) is -0.146. The molecule has 0 radical (unpaired) electrons.